The van der Waals surface area contributed by atoms with E-state index in [1.807, 2.05) is 0 Å². The van der Waals surface area contributed by atoms with Crippen LogP contribution in [-0.4, -0.2) is 43.7 Å². The normalized spacial score (nSPS) is 16.1. The Labute approximate surface area is 150 Å². The lowest BCUT2D eigenvalue weighted by Gasteiger charge is -2.31. The van der Waals surface area contributed by atoms with Crippen LogP contribution < -0.4 is 16.4 Å². The number of hydrogen-bond donors (Lipinski definition) is 3. The minimum atomic E-state index is -0.853. The van der Waals surface area contributed by atoms with E-state index in [2.05, 4.69) is 26.6 Å². The van der Waals surface area contributed by atoms with Crippen LogP contribution in [0, 0.1) is 0 Å². The van der Waals surface area contributed by atoms with Gasteiger partial charge in [0.2, 0.25) is 5.91 Å². The molecule has 0 aliphatic carbocycles. The predicted molar refractivity (Wildman–Crippen MR) is 93.7 cm³/mol. The summed E-state index contributed by atoms with van der Waals surface area (Å²) in [6.07, 6.45) is 1.04. The number of rotatable bonds is 5. The number of benzene rings is 1. The summed E-state index contributed by atoms with van der Waals surface area (Å²) in [7, 11) is 0. The van der Waals surface area contributed by atoms with Gasteiger partial charge in [0.05, 0.1) is 5.54 Å². The molecular formula is C15H21BrClN3O3. The molecule has 0 bridgehead atoms. The SMILES string of the molecule is Cl.NC1(C(=O)NCCNC(=O)c2ccc(Br)cc2)CCOCC1. The summed E-state index contributed by atoms with van der Waals surface area (Å²) < 4.78 is 6.13. The second kappa shape index (κ2) is 9.22. The topological polar surface area (TPSA) is 93.5 Å². The zero-order valence-electron chi connectivity index (χ0n) is 12.6. The first kappa shape index (κ1) is 19.9. The zero-order chi connectivity index (χ0) is 16.0. The summed E-state index contributed by atoms with van der Waals surface area (Å²) in [5.74, 6) is -0.357. The van der Waals surface area contributed by atoms with Crippen LogP contribution in [0.4, 0.5) is 0 Å². The van der Waals surface area contributed by atoms with Gasteiger partial charge in [-0.1, -0.05) is 15.9 Å². The van der Waals surface area contributed by atoms with Crippen LogP contribution in [0.25, 0.3) is 0 Å². The second-order valence-corrected chi connectivity index (χ2v) is 6.20. The molecule has 6 nitrogen and oxygen atoms in total. The first-order valence-electron chi connectivity index (χ1n) is 7.20. The molecule has 0 spiro atoms. The molecule has 0 unspecified atom stereocenters. The van der Waals surface area contributed by atoms with E-state index in [1.165, 1.54) is 0 Å². The van der Waals surface area contributed by atoms with Gasteiger partial charge in [0.15, 0.2) is 0 Å². The number of hydrogen-bond acceptors (Lipinski definition) is 4. The van der Waals surface area contributed by atoms with Crippen molar-refractivity contribution in [2.24, 2.45) is 5.73 Å². The fourth-order valence-electron chi connectivity index (χ4n) is 2.19. The lowest BCUT2D eigenvalue weighted by molar-refractivity contribution is -0.129. The molecule has 1 aromatic rings. The fraction of sp³-hybridized carbons (Fsp3) is 0.467. The number of halogens is 2. The maximum Gasteiger partial charge on any atom is 0.251 e. The molecular weight excluding hydrogens is 386 g/mol. The van der Waals surface area contributed by atoms with E-state index in [9.17, 15) is 9.59 Å². The Hall–Kier alpha value is -1.15. The van der Waals surface area contributed by atoms with Gasteiger partial charge in [-0.05, 0) is 37.1 Å². The molecule has 1 aliphatic rings. The molecule has 8 heteroatoms. The van der Waals surface area contributed by atoms with Gasteiger partial charge in [0.25, 0.3) is 5.91 Å². The number of nitrogens with one attached hydrogen (secondary N) is 2. The quantitative estimate of drug-likeness (QED) is 0.641. The van der Waals surface area contributed by atoms with Gasteiger partial charge >= 0.3 is 0 Å². The third kappa shape index (κ3) is 5.76. The Kier molecular flexibility index (Phi) is 7.98. The first-order chi connectivity index (χ1) is 10.5. The molecule has 2 amide bonds. The number of nitrogens with two attached hydrogens (primary N) is 1. The second-order valence-electron chi connectivity index (χ2n) is 5.29. The van der Waals surface area contributed by atoms with Gasteiger partial charge in [-0.2, -0.15) is 0 Å². The standard InChI is InChI=1S/C15H20BrN3O3.ClH/c16-12-3-1-11(2-4-12)13(20)18-7-8-19-14(21)15(17)5-9-22-10-6-15;/h1-4H,5-10,17H2,(H,18,20)(H,19,21);1H. The monoisotopic (exact) mass is 405 g/mol. The lowest BCUT2D eigenvalue weighted by atomic mass is 9.90. The third-order valence-corrected chi connectivity index (χ3v) is 4.17. The molecule has 23 heavy (non-hydrogen) atoms. The smallest absolute Gasteiger partial charge is 0.251 e. The number of carbonyl (C=O) groups is 2. The Bertz CT molecular complexity index is 533. The molecule has 1 aliphatic heterocycles. The van der Waals surface area contributed by atoms with E-state index < -0.39 is 5.54 Å². The molecule has 4 N–H and O–H groups in total. The van der Waals surface area contributed by atoms with Crippen molar-refractivity contribution in [1.82, 2.24) is 10.6 Å². The van der Waals surface area contributed by atoms with E-state index in [4.69, 9.17) is 10.5 Å². The van der Waals surface area contributed by atoms with E-state index >= 15 is 0 Å². The Morgan fingerprint density at radius 2 is 1.70 bits per heavy atom. The molecule has 1 heterocycles. The molecule has 2 rings (SSSR count). The van der Waals surface area contributed by atoms with Crippen LogP contribution in [0.5, 0.6) is 0 Å². The first-order valence-corrected chi connectivity index (χ1v) is 7.99. The van der Waals surface area contributed by atoms with Crippen molar-refractivity contribution < 1.29 is 14.3 Å². The molecule has 0 atom stereocenters. The summed E-state index contributed by atoms with van der Waals surface area (Å²) in [6.45, 7) is 1.71. The van der Waals surface area contributed by atoms with Crippen LogP contribution in [0.3, 0.4) is 0 Å². The average molecular weight is 407 g/mol. The highest BCUT2D eigenvalue weighted by Gasteiger charge is 2.35. The van der Waals surface area contributed by atoms with Gasteiger partial charge in [0.1, 0.15) is 0 Å². The average Bonchev–Trinajstić information content (AvgIpc) is 2.52. The minimum absolute atomic E-state index is 0. The van der Waals surface area contributed by atoms with Crippen LogP contribution in [0.1, 0.15) is 23.2 Å². The lowest BCUT2D eigenvalue weighted by Crippen LogP contribution is -2.57. The Morgan fingerprint density at radius 1 is 1.13 bits per heavy atom. The minimum Gasteiger partial charge on any atom is -0.381 e. The molecule has 0 radical (unpaired) electrons. The van der Waals surface area contributed by atoms with E-state index in [0.717, 1.165) is 4.47 Å². The van der Waals surface area contributed by atoms with Crippen LogP contribution >= 0.6 is 28.3 Å². The number of carbonyl (C=O) groups excluding carboxylic acids is 2. The van der Waals surface area contributed by atoms with E-state index in [1.54, 1.807) is 24.3 Å². The third-order valence-electron chi connectivity index (χ3n) is 3.64. The number of ether oxygens (including phenoxy) is 1. The van der Waals surface area contributed by atoms with Crippen LogP contribution in [0.15, 0.2) is 28.7 Å². The van der Waals surface area contributed by atoms with E-state index in [-0.39, 0.29) is 24.2 Å². The van der Waals surface area contributed by atoms with Crippen molar-refractivity contribution in [1.29, 1.82) is 0 Å². The van der Waals surface area contributed by atoms with Gasteiger partial charge < -0.3 is 21.1 Å². The zero-order valence-corrected chi connectivity index (χ0v) is 15.0. The summed E-state index contributed by atoms with van der Waals surface area (Å²) in [5.41, 5.74) is 5.79. The maximum absolute atomic E-state index is 12.1. The highest BCUT2D eigenvalue weighted by Crippen LogP contribution is 2.17. The molecule has 0 aromatic heterocycles. The summed E-state index contributed by atoms with van der Waals surface area (Å²) in [6, 6.07) is 7.07. The van der Waals surface area contributed by atoms with Gasteiger partial charge in [-0.25, -0.2) is 0 Å². The van der Waals surface area contributed by atoms with Gasteiger partial charge in [-0.15, -0.1) is 12.4 Å². The summed E-state index contributed by atoms with van der Waals surface area (Å²) in [5, 5.41) is 5.52. The summed E-state index contributed by atoms with van der Waals surface area (Å²) >= 11 is 3.32. The molecule has 128 valence electrons. The highest BCUT2D eigenvalue weighted by atomic mass is 79.9. The summed E-state index contributed by atoms with van der Waals surface area (Å²) in [4.78, 5) is 23.9. The molecule has 1 saturated heterocycles. The van der Waals surface area contributed by atoms with Crippen molar-refractivity contribution >= 4 is 40.2 Å². The fourth-order valence-corrected chi connectivity index (χ4v) is 2.46. The molecule has 0 saturated carbocycles. The van der Waals surface area contributed by atoms with E-state index in [0.29, 0.717) is 44.7 Å². The van der Waals surface area contributed by atoms with Crippen LogP contribution in [-0.2, 0) is 9.53 Å². The maximum atomic E-state index is 12.1. The molecule has 1 aromatic carbocycles. The van der Waals surface area contributed by atoms with Crippen LogP contribution in [0.2, 0.25) is 0 Å². The Morgan fingerprint density at radius 3 is 2.30 bits per heavy atom. The van der Waals surface area contributed by atoms with Crippen molar-refractivity contribution in [2.75, 3.05) is 26.3 Å². The van der Waals surface area contributed by atoms with Gasteiger partial charge in [0, 0.05) is 36.3 Å². The highest BCUT2D eigenvalue weighted by molar-refractivity contribution is 9.10. The Balaban J connectivity index is 0.00000264. The number of amides is 2. The largest absolute Gasteiger partial charge is 0.381 e. The van der Waals surface area contributed by atoms with Gasteiger partial charge in [-0.3, -0.25) is 9.59 Å². The van der Waals surface area contributed by atoms with Crippen molar-refractivity contribution in [3.8, 4) is 0 Å². The van der Waals surface area contributed by atoms with Crippen molar-refractivity contribution in [3.05, 3.63) is 34.3 Å². The van der Waals surface area contributed by atoms with Crippen molar-refractivity contribution in [3.63, 3.8) is 0 Å². The predicted octanol–water partition coefficient (Wildman–Crippen LogP) is 1.22. The molecule has 1 fully saturated rings. The van der Waals surface area contributed by atoms with Crippen molar-refractivity contribution in [2.45, 2.75) is 18.4 Å².